The normalized spacial score (nSPS) is 14.8. The molecule has 0 aliphatic carbocycles. The van der Waals surface area contributed by atoms with Crippen LogP contribution in [0.2, 0.25) is 0 Å². The molecule has 3 aromatic rings. The number of carbonyl (C=O) groups excluding carboxylic acids is 2. The number of fused-ring (bicyclic) bond motifs is 1. The van der Waals surface area contributed by atoms with E-state index in [1.54, 1.807) is 32.4 Å². The molecule has 1 unspecified atom stereocenters. The molecule has 1 aliphatic heterocycles. The Hall–Kier alpha value is -3.80. The average Bonchev–Trinajstić information content (AvgIpc) is 2.84. The van der Waals surface area contributed by atoms with Crippen molar-refractivity contribution in [2.45, 2.75) is 18.9 Å². The van der Waals surface area contributed by atoms with Gasteiger partial charge in [0.05, 0.1) is 19.8 Å². The smallest absolute Gasteiger partial charge is 0.339 e. The second-order valence-corrected chi connectivity index (χ2v) is 7.58. The lowest BCUT2D eigenvalue weighted by Crippen LogP contribution is -2.27. The van der Waals surface area contributed by atoms with E-state index < -0.39 is 0 Å². The van der Waals surface area contributed by atoms with Gasteiger partial charge in [0.15, 0.2) is 11.5 Å². The molecular formula is C26H25NO5. The molecule has 1 amide bonds. The van der Waals surface area contributed by atoms with Crippen molar-refractivity contribution < 1.29 is 23.8 Å². The molecule has 6 nitrogen and oxygen atoms in total. The van der Waals surface area contributed by atoms with Crippen LogP contribution in [0.25, 0.3) is 0 Å². The number of hydrogen-bond acceptors (Lipinski definition) is 5. The SMILES string of the molecule is COc1ccc(CCNC(=O)c2ccc3c(c2)CC(c2ccccc2)OC3=O)cc1OC. The number of nitrogens with one attached hydrogen (secondary N) is 1. The first kappa shape index (κ1) is 21.4. The van der Waals surface area contributed by atoms with Crippen molar-refractivity contribution in [2.75, 3.05) is 20.8 Å². The topological polar surface area (TPSA) is 73.9 Å². The van der Waals surface area contributed by atoms with Crippen molar-refractivity contribution in [1.29, 1.82) is 0 Å². The second-order valence-electron chi connectivity index (χ2n) is 7.58. The molecule has 0 aromatic heterocycles. The first-order valence-electron chi connectivity index (χ1n) is 10.5. The Bertz CT molecular complexity index is 1130. The van der Waals surface area contributed by atoms with E-state index in [9.17, 15) is 9.59 Å². The van der Waals surface area contributed by atoms with Crippen LogP contribution in [0.15, 0.2) is 66.7 Å². The summed E-state index contributed by atoms with van der Waals surface area (Å²) >= 11 is 0. The fourth-order valence-electron chi connectivity index (χ4n) is 3.85. The summed E-state index contributed by atoms with van der Waals surface area (Å²) in [6.07, 6.45) is 0.844. The zero-order valence-corrected chi connectivity index (χ0v) is 18.1. The lowest BCUT2D eigenvalue weighted by Gasteiger charge is -2.25. The van der Waals surface area contributed by atoms with E-state index in [0.29, 0.717) is 42.0 Å². The average molecular weight is 431 g/mol. The van der Waals surface area contributed by atoms with Crippen LogP contribution in [0.5, 0.6) is 11.5 Å². The fourth-order valence-corrected chi connectivity index (χ4v) is 3.85. The molecule has 32 heavy (non-hydrogen) atoms. The molecule has 1 atom stereocenters. The van der Waals surface area contributed by atoms with E-state index in [-0.39, 0.29) is 18.0 Å². The zero-order valence-electron chi connectivity index (χ0n) is 18.1. The summed E-state index contributed by atoms with van der Waals surface area (Å²) in [6.45, 7) is 0.472. The van der Waals surface area contributed by atoms with Gasteiger partial charge in [-0.1, -0.05) is 36.4 Å². The predicted octanol–water partition coefficient (Wildman–Crippen LogP) is 4.13. The zero-order chi connectivity index (χ0) is 22.5. The summed E-state index contributed by atoms with van der Waals surface area (Å²) < 4.78 is 16.2. The molecule has 4 rings (SSSR count). The third-order valence-electron chi connectivity index (χ3n) is 5.56. The Labute approximate surface area is 187 Å². The van der Waals surface area contributed by atoms with Gasteiger partial charge in [-0.25, -0.2) is 4.79 Å². The summed E-state index contributed by atoms with van der Waals surface area (Å²) in [7, 11) is 3.19. The number of rotatable bonds is 7. The first-order valence-corrected chi connectivity index (χ1v) is 10.5. The van der Waals surface area contributed by atoms with Crippen molar-refractivity contribution >= 4 is 11.9 Å². The first-order chi connectivity index (χ1) is 15.6. The van der Waals surface area contributed by atoms with Crippen LogP contribution in [0.3, 0.4) is 0 Å². The van der Waals surface area contributed by atoms with E-state index in [4.69, 9.17) is 14.2 Å². The Morgan fingerprint density at radius 1 is 1.00 bits per heavy atom. The molecule has 0 bridgehead atoms. The lowest BCUT2D eigenvalue weighted by atomic mass is 9.93. The molecule has 1 aliphatic rings. The number of methoxy groups -OCH3 is 2. The third kappa shape index (κ3) is 4.59. The minimum Gasteiger partial charge on any atom is -0.493 e. The van der Waals surface area contributed by atoms with Gasteiger partial charge in [-0.15, -0.1) is 0 Å². The minimum absolute atomic E-state index is 0.177. The minimum atomic E-state index is -0.361. The molecule has 1 N–H and O–H groups in total. The number of hydrogen-bond donors (Lipinski definition) is 1. The summed E-state index contributed by atoms with van der Waals surface area (Å²) in [6, 6.07) is 20.5. The van der Waals surface area contributed by atoms with Crippen molar-refractivity contribution in [3.05, 3.63) is 94.5 Å². The van der Waals surface area contributed by atoms with Crippen LogP contribution in [-0.2, 0) is 17.6 Å². The molecule has 0 saturated carbocycles. The van der Waals surface area contributed by atoms with Gasteiger partial charge in [-0.2, -0.15) is 0 Å². The lowest BCUT2D eigenvalue weighted by molar-refractivity contribution is 0.0252. The van der Waals surface area contributed by atoms with Gasteiger partial charge in [0, 0.05) is 18.5 Å². The van der Waals surface area contributed by atoms with Crippen molar-refractivity contribution in [2.24, 2.45) is 0 Å². The molecule has 0 radical (unpaired) electrons. The van der Waals surface area contributed by atoms with Gasteiger partial charge < -0.3 is 19.5 Å². The van der Waals surface area contributed by atoms with E-state index in [1.165, 1.54) is 0 Å². The fraction of sp³-hybridized carbons (Fsp3) is 0.231. The Balaban J connectivity index is 1.41. The summed E-state index contributed by atoms with van der Waals surface area (Å²) in [4.78, 5) is 25.1. The molecule has 0 fully saturated rings. The second kappa shape index (κ2) is 9.56. The number of cyclic esters (lactones) is 1. The third-order valence-corrected chi connectivity index (χ3v) is 5.56. The highest BCUT2D eigenvalue weighted by Crippen LogP contribution is 2.31. The number of carbonyl (C=O) groups is 2. The van der Waals surface area contributed by atoms with E-state index in [0.717, 1.165) is 16.7 Å². The summed E-state index contributed by atoms with van der Waals surface area (Å²) in [5.74, 6) is 0.788. The molecular weight excluding hydrogens is 406 g/mol. The maximum Gasteiger partial charge on any atom is 0.339 e. The van der Waals surface area contributed by atoms with Crippen LogP contribution >= 0.6 is 0 Å². The maximum atomic E-state index is 12.7. The van der Waals surface area contributed by atoms with E-state index in [2.05, 4.69) is 5.32 Å². The summed E-state index contributed by atoms with van der Waals surface area (Å²) in [5, 5.41) is 2.95. The van der Waals surface area contributed by atoms with Gasteiger partial charge in [0.2, 0.25) is 0 Å². The molecule has 3 aromatic carbocycles. The highest BCUT2D eigenvalue weighted by Gasteiger charge is 2.28. The highest BCUT2D eigenvalue weighted by atomic mass is 16.5. The predicted molar refractivity (Wildman–Crippen MR) is 120 cm³/mol. The Morgan fingerprint density at radius 2 is 1.78 bits per heavy atom. The summed E-state index contributed by atoms with van der Waals surface area (Å²) in [5.41, 5.74) is 3.83. The van der Waals surface area contributed by atoms with Crippen LogP contribution in [0.1, 0.15) is 43.5 Å². The van der Waals surface area contributed by atoms with E-state index >= 15 is 0 Å². The highest BCUT2D eigenvalue weighted by molar-refractivity contribution is 5.97. The molecule has 164 valence electrons. The maximum absolute atomic E-state index is 12.7. The van der Waals surface area contributed by atoms with Crippen molar-refractivity contribution in [1.82, 2.24) is 5.32 Å². The molecule has 6 heteroatoms. The number of ether oxygens (including phenoxy) is 3. The van der Waals surface area contributed by atoms with Gasteiger partial charge in [-0.3, -0.25) is 4.79 Å². The van der Waals surface area contributed by atoms with Gasteiger partial charge in [0.25, 0.3) is 5.91 Å². The molecule has 0 saturated heterocycles. The molecule has 0 spiro atoms. The van der Waals surface area contributed by atoms with Crippen LogP contribution < -0.4 is 14.8 Å². The van der Waals surface area contributed by atoms with Crippen LogP contribution in [0.4, 0.5) is 0 Å². The van der Waals surface area contributed by atoms with Gasteiger partial charge in [-0.05, 0) is 53.4 Å². The quantitative estimate of drug-likeness (QED) is 0.570. The molecule has 1 heterocycles. The van der Waals surface area contributed by atoms with Gasteiger partial charge in [0.1, 0.15) is 6.10 Å². The number of esters is 1. The standard InChI is InChI=1S/C26H25NO5/c1-30-22-11-8-17(14-24(22)31-2)12-13-27-25(28)19-9-10-21-20(15-19)16-23(32-26(21)29)18-6-4-3-5-7-18/h3-11,14-15,23H,12-13,16H2,1-2H3,(H,27,28). The number of amides is 1. The van der Waals surface area contributed by atoms with E-state index in [1.807, 2.05) is 48.5 Å². The van der Waals surface area contributed by atoms with Crippen molar-refractivity contribution in [3.8, 4) is 11.5 Å². The Kier molecular flexibility index (Phi) is 6.40. The van der Waals surface area contributed by atoms with Crippen molar-refractivity contribution in [3.63, 3.8) is 0 Å². The largest absolute Gasteiger partial charge is 0.493 e. The van der Waals surface area contributed by atoms with Crippen LogP contribution in [0, 0.1) is 0 Å². The number of benzene rings is 3. The van der Waals surface area contributed by atoms with Crippen LogP contribution in [-0.4, -0.2) is 32.6 Å². The Morgan fingerprint density at radius 3 is 2.53 bits per heavy atom. The van der Waals surface area contributed by atoms with Gasteiger partial charge >= 0.3 is 5.97 Å². The monoisotopic (exact) mass is 431 g/mol.